The molecule has 0 fully saturated rings. The van der Waals surface area contributed by atoms with Crippen LogP contribution in [0.2, 0.25) is 0 Å². The van der Waals surface area contributed by atoms with Crippen molar-refractivity contribution < 1.29 is 4.74 Å². The van der Waals surface area contributed by atoms with E-state index in [4.69, 9.17) is 15.9 Å². The highest BCUT2D eigenvalue weighted by molar-refractivity contribution is 7.99. The van der Waals surface area contributed by atoms with E-state index < -0.39 is 0 Å². The van der Waals surface area contributed by atoms with E-state index in [0.29, 0.717) is 6.61 Å². The number of nitrogens with two attached hydrogens (primary N) is 1. The molecule has 0 saturated heterocycles. The summed E-state index contributed by atoms with van der Waals surface area (Å²) < 4.78 is 5.01. The molecule has 1 heterocycles. The number of aromatic nitrogens is 1. The second kappa shape index (κ2) is 5.84. The van der Waals surface area contributed by atoms with Gasteiger partial charge in [-0.15, -0.1) is 11.8 Å². The van der Waals surface area contributed by atoms with Gasteiger partial charge in [0.2, 0.25) is 0 Å². The Labute approximate surface area is 110 Å². The summed E-state index contributed by atoms with van der Waals surface area (Å²) in [6.45, 7) is 0.675. The quantitative estimate of drug-likeness (QED) is 0.375. The van der Waals surface area contributed by atoms with Gasteiger partial charge in [-0.3, -0.25) is 5.41 Å². The summed E-state index contributed by atoms with van der Waals surface area (Å²) >= 11 is 1.60. The molecule has 0 spiro atoms. The SMILES string of the molecule is COCCSc1cc(C(=N)N)c2ccccc2n1. The minimum Gasteiger partial charge on any atom is -0.384 e. The van der Waals surface area contributed by atoms with Gasteiger partial charge in [0, 0.05) is 23.8 Å². The molecule has 1 aromatic heterocycles. The fourth-order valence-corrected chi connectivity index (χ4v) is 2.50. The molecule has 1 aromatic carbocycles. The van der Waals surface area contributed by atoms with Crippen LogP contribution in [0.15, 0.2) is 35.4 Å². The summed E-state index contributed by atoms with van der Waals surface area (Å²) in [4.78, 5) is 4.55. The van der Waals surface area contributed by atoms with Crippen LogP contribution in [0.5, 0.6) is 0 Å². The Kier molecular flexibility index (Phi) is 4.17. The predicted molar refractivity (Wildman–Crippen MR) is 75.4 cm³/mol. The Balaban J connectivity index is 2.41. The van der Waals surface area contributed by atoms with E-state index in [1.54, 1.807) is 18.9 Å². The fraction of sp³-hybridized carbons (Fsp3) is 0.231. The summed E-state index contributed by atoms with van der Waals surface area (Å²) in [7, 11) is 1.68. The standard InChI is InChI=1S/C13H15N3OS/c1-17-6-7-18-12-8-10(13(14)15)9-4-2-3-5-11(9)16-12/h2-5,8H,6-7H2,1H3,(H3,14,15). The zero-order valence-corrected chi connectivity index (χ0v) is 11.0. The molecule has 4 nitrogen and oxygen atoms in total. The normalized spacial score (nSPS) is 10.7. The molecule has 94 valence electrons. The van der Waals surface area contributed by atoms with Crippen molar-refractivity contribution in [2.45, 2.75) is 5.03 Å². The van der Waals surface area contributed by atoms with E-state index in [2.05, 4.69) is 4.98 Å². The number of pyridine rings is 1. The van der Waals surface area contributed by atoms with Crippen molar-refractivity contribution in [3.05, 3.63) is 35.9 Å². The lowest BCUT2D eigenvalue weighted by molar-refractivity contribution is 0.218. The van der Waals surface area contributed by atoms with Gasteiger partial charge in [0.1, 0.15) is 5.84 Å². The molecule has 0 saturated carbocycles. The Morgan fingerprint density at radius 2 is 2.22 bits per heavy atom. The molecule has 0 unspecified atom stereocenters. The molecule has 18 heavy (non-hydrogen) atoms. The molecule has 0 radical (unpaired) electrons. The number of fused-ring (bicyclic) bond motifs is 1. The van der Waals surface area contributed by atoms with Crippen molar-refractivity contribution in [2.24, 2.45) is 5.73 Å². The lowest BCUT2D eigenvalue weighted by atomic mass is 10.1. The van der Waals surface area contributed by atoms with Gasteiger partial charge < -0.3 is 10.5 Å². The van der Waals surface area contributed by atoms with Crippen molar-refractivity contribution in [1.29, 1.82) is 5.41 Å². The first-order chi connectivity index (χ1) is 8.72. The molecule has 0 aliphatic rings. The summed E-state index contributed by atoms with van der Waals surface area (Å²) in [6.07, 6.45) is 0. The first-order valence-corrected chi connectivity index (χ1v) is 6.57. The first kappa shape index (κ1) is 12.9. The van der Waals surface area contributed by atoms with Crippen LogP contribution in [0.3, 0.4) is 0 Å². The van der Waals surface area contributed by atoms with Crippen LogP contribution < -0.4 is 5.73 Å². The molecule has 2 rings (SSSR count). The summed E-state index contributed by atoms with van der Waals surface area (Å²) in [5.74, 6) is 0.904. The average molecular weight is 261 g/mol. The van der Waals surface area contributed by atoms with E-state index in [1.807, 2.05) is 30.3 Å². The van der Waals surface area contributed by atoms with Crippen LogP contribution in [0.1, 0.15) is 5.56 Å². The monoisotopic (exact) mass is 261 g/mol. The Morgan fingerprint density at radius 1 is 1.44 bits per heavy atom. The van der Waals surface area contributed by atoms with Crippen LogP contribution in [0.4, 0.5) is 0 Å². The number of thioether (sulfide) groups is 1. The lowest BCUT2D eigenvalue weighted by Crippen LogP contribution is -2.12. The smallest absolute Gasteiger partial charge is 0.123 e. The third-order valence-corrected chi connectivity index (χ3v) is 3.40. The number of para-hydroxylation sites is 1. The largest absolute Gasteiger partial charge is 0.384 e. The first-order valence-electron chi connectivity index (χ1n) is 5.58. The third kappa shape index (κ3) is 2.80. The van der Waals surface area contributed by atoms with Gasteiger partial charge in [-0.1, -0.05) is 18.2 Å². The highest BCUT2D eigenvalue weighted by Crippen LogP contribution is 2.23. The van der Waals surface area contributed by atoms with E-state index in [-0.39, 0.29) is 5.84 Å². The van der Waals surface area contributed by atoms with Gasteiger partial charge in [-0.2, -0.15) is 0 Å². The molecular formula is C13H15N3OS. The van der Waals surface area contributed by atoms with Gasteiger partial charge in [0.25, 0.3) is 0 Å². The van der Waals surface area contributed by atoms with Crippen LogP contribution in [-0.4, -0.2) is 30.3 Å². The lowest BCUT2D eigenvalue weighted by Gasteiger charge is -2.08. The molecule has 0 atom stereocenters. The number of ether oxygens (including phenoxy) is 1. The zero-order chi connectivity index (χ0) is 13.0. The second-order valence-electron chi connectivity index (χ2n) is 3.78. The number of rotatable bonds is 5. The van der Waals surface area contributed by atoms with Crippen molar-refractivity contribution >= 4 is 28.5 Å². The molecule has 0 aliphatic heterocycles. The van der Waals surface area contributed by atoms with Crippen LogP contribution in [-0.2, 0) is 4.74 Å². The van der Waals surface area contributed by atoms with Gasteiger partial charge in [-0.05, 0) is 12.1 Å². The fourth-order valence-electron chi connectivity index (χ4n) is 1.68. The van der Waals surface area contributed by atoms with E-state index >= 15 is 0 Å². The molecular weight excluding hydrogens is 246 g/mol. The zero-order valence-electron chi connectivity index (χ0n) is 10.1. The molecule has 3 N–H and O–H groups in total. The molecule has 0 bridgehead atoms. The van der Waals surface area contributed by atoms with Gasteiger partial charge in [0.15, 0.2) is 0 Å². The van der Waals surface area contributed by atoms with Crippen molar-refractivity contribution in [3.8, 4) is 0 Å². The summed E-state index contributed by atoms with van der Waals surface area (Å²) in [6, 6.07) is 9.59. The van der Waals surface area contributed by atoms with E-state index in [1.165, 1.54) is 0 Å². The maximum Gasteiger partial charge on any atom is 0.123 e. The van der Waals surface area contributed by atoms with Crippen LogP contribution >= 0.6 is 11.8 Å². The highest BCUT2D eigenvalue weighted by Gasteiger charge is 2.07. The van der Waals surface area contributed by atoms with Crippen molar-refractivity contribution in [3.63, 3.8) is 0 Å². The Morgan fingerprint density at radius 3 is 2.94 bits per heavy atom. The maximum atomic E-state index is 7.64. The maximum absolute atomic E-state index is 7.64. The van der Waals surface area contributed by atoms with Crippen molar-refractivity contribution in [1.82, 2.24) is 4.98 Å². The van der Waals surface area contributed by atoms with Gasteiger partial charge in [-0.25, -0.2) is 4.98 Å². The predicted octanol–water partition coefficient (Wildman–Crippen LogP) is 2.26. The number of methoxy groups -OCH3 is 1. The highest BCUT2D eigenvalue weighted by atomic mass is 32.2. The number of nitrogens with one attached hydrogen (secondary N) is 1. The Hall–Kier alpha value is -1.59. The Bertz CT molecular complexity index is 571. The molecule has 0 aliphatic carbocycles. The number of amidine groups is 1. The van der Waals surface area contributed by atoms with E-state index in [0.717, 1.165) is 27.2 Å². The minimum atomic E-state index is 0.0715. The van der Waals surface area contributed by atoms with Gasteiger partial charge >= 0.3 is 0 Å². The van der Waals surface area contributed by atoms with Gasteiger partial charge in [0.05, 0.1) is 17.1 Å². The summed E-state index contributed by atoms with van der Waals surface area (Å²) in [5.41, 5.74) is 7.23. The number of hydrogen-bond acceptors (Lipinski definition) is 4. The average Bonchev–Trinajstić information content (AvgIpc) is 2.38. The third-order valence-electron chi connectivity index (χ3n) is 2.52. The minimum absolute atomic E-state index is 0.0715. The second-order valence-corrected chi connectivity index (χ2v) is 4.90. The van der Waals surface area contributed by atoms with Crippen LogP contribution in [0, 0.1) is 5.41 Å². The topological polar surface area (TPSA) is 72.0 Å². The van der Waals surface area contributed by atoms with Crippen LogP contribution in [0.25, 0.3) is 10.9 Å². The molecule has 5 heteroatoms. The molecule has 0 amide bonds. The molecule has 2 aromatic rings. The van der Waals surface area contributed by atoms with Crippen molar-refractivity contribution in [2.75, 3.05) is 19.5 Å². The number of nitrogens with zero attached hydrogens (tertiary/aromatic N) is 1. The number of hydrogen-bond donors (Lipinski definition) is 2. The number of nitrogen functional groups attached to an aromatic ring is 1. The van der Waals surface area contributed by atoms with E-state index in [9.17, 15) is 0 Å². The number of benzene rings is 1. The summed E-state index contributed by atoms with van der Waals surface area (Å²) in [5, 5.41) is 9.43.